The number of piperidine rings is 1. The molecule has 0 unspecified atom stereocenters. The van der Waals surface area contributed by atoms with Crippen molar-refractivity contribution in [3.8, 4) is 0 Å². The van der Waals surface area contributed by atoms with Gasteiger partial charge in [-0.2, -0.15) is 0 Å². The van der Waals surface area contributed by atoms with Gasteiger partial charge in [0, 0.05) is 19.3 Å². The third kappa shape index (κ3) is 5.07. The van der Waals surface area contributed by atoms with E-state index in [1.54, 1.807) is 6.20 Å². The highest BCUT2D eigenvalue weighted by Crippen LogP contribution is 2.19. The predicted molar refractivity (Wildman–Crippen MR) is 93.8 cm³/mol. The summed E-state index contributed by atoms with van der Waals surface area (Å²) in [5, 5.41) is 0. The lowest BCUT2D eigenvalue weighted by Gasteiger charge is -2.31. The molecule has 1 aromatic carbocycles. The molecule has 7 heteroatoms. The van der Waals surface area contributed by atoms with E-state index in [0.29, 0.717) is 12.5 Å². The molecule has 1 fully saturated rings. The molecule has 2 aromatic rings. The maximum atomic E-state index is 12.9. The number of rotatable bonds is 6. The molecular formula is C18H22FN3O2S. The van der Waals surface area contributed by atoms with E-state index in [2.05, 4.69) is 14.6 Å². The molecule has 3 rings (SSSR count). The van der Waals surface area contributed by atoms with Crippen molar-refractivity contribution in [2.24, 2.45) is 5.92 Å². The summed E-state index contributed by atoms with van der Waals surface area (Å²) in [4.78, 5) is 6.78. The molecule has 5 nitrogen and oxygen atoms in total. The van der Waals surface area contributed by atoms with Crippen LogP contribution in [0.15, 0.2) is 53.6 Å². The number of hydrogen-bond donors (Lipinski definition) is 1. The Morgan fingerprint density at radius 1 is 1.12 bits per heavy atom. The smallest absolute Gasteiger partial charge is 0.240 e. The number of sulfonamides is 1. The number of nitrogens with one attached hydrogen (secondary N) is 1. The molecule has 1 aliphatic heterocycles. The van der Waals surface area contributed by atoms with Crippen molar-refractivity contribution in [3.05, 3.63) is 60.2 Å². The fourth-order valence-electron chi connectivity index (χ4n) is 2.99. The highest BCUT2D eigenvalue weighted by atomic mass is 32.2. The van der Waals surface area contributed by atoms with Gasteiger partial charge in [0.1, 0.15) is 5.82 Å². The van der Waals surface area contributed by atoms with Gasteiger partial charge in [-0.3, -0.25) is 9.88 Å². The normalized spacial score (nSPS) is 16.8. The Morgan fingerprint density at radius 3 is 2.48 bits per heavy atom. The van der Waals surface area contributed by atoms with Crippen LogP contribution in [0.25, 0.3) is 0 Å². The minimum absolute atomic E-state index is 0.0986. The van der Waals surface area contributed by atoms with Crippen LogP contribution in [-0.2, 0) is 16.6 Å². The van der Waals surface area contributed by atoms with Gasteiger partial charge in [-0.25, -0.2) is 17.5 Å². The zero-order valence-electron chi connectivity index (χ0n) is 13.9. The van der Waals surface area contributed by atoms with Crippen LogP contribution in [0, 0.1) is 11.7 Å². The molecule has 1 aromatic heterocycles. The van der Waals surface area contributed by atoms with Gasteiger partial charge in [-0.15, -0.1) is 0 Å². The van der Waals surface area contributed by atoms with Crippen LogP contribution >= 0.6 is 0 Å². The summed E-state index contributed by atoms with van der Waals surface area (Å²) in [6, 6.07) is 10.8. The number of halogens is 1. The second-order valence-corrected chi connectivity index (χ2v) is 8.11. The predicted octanol–water partition coefficient (Wildman–Crippen LogP) is 2.41. The molecule has 0 amide bonds. The van der Waals surface area contributed by atoms with Gasteiger partial charge in [0.25, 0.3) is 0 Å². The van der Waals surface area contributed by atoms with Gasteiger partial charge < -0.3 is 0 Å². The summed E-state index contributed by atoms with van der Waals surface area (Å²) in [5.74, 6) is -0.130. The second-order valence-electron chi connectivity index (χ2n) is 6.35. The first-order valence-corrected chi connectivity index (χ1v) is 9.89. The van der Waals surface area contributed by atoms with Crippen LogP contribution in [0.3, 0.4) is 0 Å². The minimum Gasteiger partial charge on any atom is -0.297 e. The second kappa shape index (κ2) is 8.03. The average Bonchev–Trinajstić information content (AvgIpc) is 2.62. The zero-order valence-corrected chi connectivity index (χ0v) is 14.8. The Morgan fingerprint density at radius 2 is 1.84 bits per heavy atom. The molecule has 0 aliphatic carbocycles. The Balaban J connectivity index is 1.47. The van der Waals surface area contributed by atoms with E-state index < -0.39 is 15.8 Å². The first kappa shape index (κ1) is 18.0. The summed E-state index contributed by atoms with van der Waals surface area (Å²) < 4.78 is 40.0. The Labute approximate surface area is 147 Å². The quantitative estimate of drug-likeness (QED) is 0.856. The highest BCUT2D eigenvalue weighted by molar-refractivity contribution is 7.89. The molecule has 0 spiro atoms. The first-order chi connectivity index (χ1) is 12.0. The molecule has 1 N–H and O–H groups in total. The molecule has 0 saturated carbocycles. The topological polar surface area (TPSA) is 62.3 Å². The van der Waals surface area contributed by atoms with Crippen molar-refractivity contribution >= 4 is 10.0 Å². The number of hydrogen-bond acceptors (Lipinski definition) is 4. The maximum Gasteiger partial charge on any atom is 0.240 e. The number of pyridine rings is 1. The van der Waals surface area contributed by atoms with Crippen LogP contribution in [0.5, 0.6) is 0 Å². The minimum atomic E-state index is -3.58. The van der Waals surface area contributed by atoms with Crippen molar-refractivity contribution < 1.29 is 12.8 Å². The maximum absolute atomic E-state index is 12.9. The molecule has 25 heavy (non-hydrogen) atoms. The van der Waals surface area contributed by atoms with Crippen LogP contribution < -0.4 is 4.72 Å². The van der Waals surface area contributed by atoms with Crippen molar-refractivity contribution in [1.82, 2.24) is 14.6 Å². The van der Waals surface area contributed by atoms with E-state index in [4.69, 9.17) is 0 Å². The van der Waals surface area contributed by atoms with Crippen LogP contribution in [-0.4, -0.2) is 37.9 Å². The molecular weight excluding hydrogens is 341 g/mol. The summed E-state index contributed by atoms with van der Waals surface area (Å²) in [6.45, 7) is 3.10. The van der Waals surface area contributed by atoms with E-state index in [9.17, 15) is 12.8 Å². The number of benzene rings is 1. The largest absolute Gasteiger partial charge is 0.297 e. The summed E-state index contributed by atoms with van der Waals surface area (Å²) in [5.41, 5.74) is 1.05. The molecule has 0 atom stereocenters. The van der Waals surface area contributed by atoms with Crippen molar-refractivity contribution in [3.63, 3.8) is 0 Å². The Hall–Kier alpha value is -1.83. The summed E-state index contributed by atoms with van der Waals surface area (Å²) in [6.07, 6.45) is 3.68. The molecule has 1 saturated heterocycles. The van der Waals surface area contributed by atoms with E-state index in [-0.39, 0.29) is 4.90 Å². The standard InChI is InChI=1S/C18H22FN3O2S/c19-16-4-6-18(7-5-16)25(23,24)21-13-15-8-11-22(12-9-15)14-17-3-1-2-10-20-17/h1-7,10,15,21H,8-9,11-14H2. The monoisotopic (exact) mass is 363 g/mol. The van der Waals surface area contributed by atoms with Crippen LogP contribution in [0.4, 0.5) is 4.39 Å². The van der Waals surface area contributed by atoms with E-state index in [1.165, 1.54) is 12.1 Å². The Bertz CT molecular complexity index is 774. The van der Waals surface area contributed by atoms with Gasteiger partial charge in [0.05, 0.1) is 10.6 Å². The average molecular weight is 363 g/mol. The van der Waals surface area contributed by atoms with E-state index >= 15 is 0 Å². The van der Waals surface area contributed by atoms with Gasteiger partial charge in [-0.05, 0) is 68.2 Å². The first-order valence-electron chi connectivity index (χ1n) is 8.40. The lowest BCUT2D eigenvalue weighted by Crippen LogP contribution is -2.38. The van der Waals surface area contributed by atoms with Crippen LogP contribution in [0.2, 0.25) is 0 Å². The molecule has 1 aliphatic rings. The number of nitrogens with zero attached hydrogens (tertiary/aromatic N) is 2. The third-order valence-corrected chi connectivity index (χ3v) is 5.94. The van der Waals surface area contributed by atoms with Gasteiger partial charge in [0.2, 0.25) is 10.0 Å². The summed E-state index contributed by atoms with van der Waals surface area (Å²) >= 11 is 0. The van der Waals surface area contributed by atoms with Crippen molar-refractivity contribution in [1.29, 1.82) is 0 Å². The number of aromatic nitrogens is 1. The Kier molecular flexibility index (Phi) is 5.78. The van der Waals surface area contributed by atoms with E-state index in [1.807, 2.05) is 18.2 Å². The van der Waals surface area contributed by atoms with Gasteiger partial charge >= 0.3 is 0 Å². The highest BCUT2D eigenvalue weighted by Gasteiger charge is 2.22. The molecule has 0 bridgehead atoms. The third-order valence-electron chi connectivity index (χ3n) is 4.50. The van der Waals surface area contributed by atoms with Gasteiger partial charge in [-0.1, -0.05) is 6.07 Å². The molecule has 134 valence electrons. The van der Waals surface area contributed by atoms with Crippen molar-refractivity contribution in [2.45, 2.75) is 24.3 Å². The number of likely N-dealkylation sites (tertiary alicyclic amines) is 1. The lowest BCUT2D eigenvalue weighted by molar-refractivity contribution is 0.177. The fraction of sp³-hybridized carbons (Fsp3) is 0.389. The lowest BCUT2D eigenvalue weighted by atomic mass is 9.97. The fourth-order valence-corrected chi connectivity index (χ4v) is 4.11. The van der Waals surface area contributed by atoms with Crippen LogP contribution in [0.1, 0.15) is 18.5 Å². The molecule has 2 heterocycles. The summed E-state index contributed by atoms with van der Waals surface area (Å²) in [7, 11) is -3.58. The SMILES string of the molecule is O=S(=O)(NCC1CCN(Cc2ccccn2)CC1)c1ccc(F)cc1. The zero-order chi connectivity index (χ0) is 17.7. The van der Waals surface area contributed by atoms with Crippen molar-refractivity contribution in [2.75, 3.05) is 19.6 Å². The molecule has 0 radical (unpaired) electrons. The van der Waals surface area contributed by atoms with Gasteiger partial charge in [0.15, 0.2) is 0 Å². The van der Waals surface area contributed by atoms with E-state index in [0.717, 1.165) is 50.3 Å².